The van der Waals surface area contributed by atoms with Crippen molar-refractivity contribution in [2.75, 3.05) is 6.61 Å². The Morgan fingerprint density at radius 2 is 2.10 bits per heavy atom. The van der Waals surface area contributed by atoms with Crippen molar-refractivity contribution >= 4 is 11.7 Å². The molecule has 21 heavy (non-hydrogen) atoms. The Hall–Kier alpha value is -1.98. The van der Waals surface area contributed by atoms with Crippen LogP contribution in [0.2, 0.25) is 0 Å². The van der Waals surface area contributed by atoms with Crippen LogP contribution < -0.4 is 0 Å². The maximum absolute atomic E-state index is 13.6. The van der Waals surface area contributed by atoms with Crippen LogP contribution in [0.15, 0.2) is 29.4 Å². The monoisotopic (exact) mass is 297 g/mol. The van der Waals surface area contributed by atoms with Crippen molar-refractivity contribution < 1.29 is 23.1 Å². The second-order valence-electron chi connectivity index (χ2n) is 4.96. The average Bonchev–Trinajstić information content (AvgIpc) is 2.87. The van der Waals surface area contributed by atoms with Crippen molar-refractivity contribution in [3.05, 3.63) is 35.4 Å². The fourth-order valence-corrected chi connectivity index (χ4v) is 2.06. The molecule has 0 saturated carbocycles. The highest BCUT2D eigenvalue weighted by Crippen LogP contribution is 2.28. The number of rotatable bonds is 5. The molecule has 1 aliphatic heterocycles. The summed E-state index contributed by atoms with van der Waals surface area (Å²) in [6.07, 6.45) is -1.30. The molecule has 0 saturated heterocycles. The van der Waals surface area contributed by atoms with Gasteiger partial charge in [-0.2, -0.15) is 8.78 Å². The highest BCUT2D eigenvalue weighted by Gasteiger charge is 2.44. The fraction of sp³-hybridized carbons (Fsp3) is 0.467. The second kappa shape index (κ2) is 6.20. The molecule has 0 amide bonds. The van der Waals surface area contributed by atoms with Crippen molar-refractivity contribution in [2.45, 2.75) is 38.7 Å². The predicted molar refractivity (Wildman–Crippen MR) is 73.4 cm³/mol. The average molecular weight is 297 g/mol. The number of hydrogen-bond acceptors (Lipinski definition) is 4. The number of oxime groups is 1. The first-order valence-corrected chi connectivity index (χ1v) is 6.77. The van der Waals surface area contributed by atoms with E-state index in [9.17, 15) is 13.6 Å². The third kappa shape index (κ3) is 3.77. The molecule has 1 aliphatic rings. The molecule has 0 aromatic heterocycles. The van der Waals surface area contributed by atoms with E-state index in [0.29, 0.717) is 5.71 Å². The summed E-state index contributed by atoms with van der Waals surface area (Å²) in [4.78, 5) is 16.2. The summed E-state index contributed by atoms with van der Waals surface area (Å²) >= 11 is 0. The van der Waals surface area contributed by atoms with E-state index in [0.717, 1.165) is 11.1 Å². The first-order valence-electron chi connectivity index (χ1n) is 6.77. The minimum Gasteiger partial charge on any atom is -0.462 e. The topological polar surface area (TPSA) is 47.9 Å². The van der Waals surface area contributed by atoms with E-state index in [1.807, 2.05) is 31.2 Å². The Morgan fingerprint density at radius 3 is 2.71 bits per heavy atom. The number of benzene rings is 1. The van der Waals surface area contributed by atoms with E-state index in [1.54, 1.807) is 0 Å². The van der Waals surface area contributed by atoms with Gasteiger partial charge in [0.25, 0.3) is 0 Å². The van der Waals surface area contributed by atoms with Gasteiger partial charge in [-0.25, -0.2) is 4.79 Å². The Morgan fingerprint density at radius 1 is 1.43 bits per heavy atom. The molecule has 0 radical (unpaired) electrons. The number of carbonyl (C=O) groups excluding carboxylic acids is 1. The van der Waals surface area contributed by atoms with Crippen molar-refractivity contribution in [3.63, 3.8) is 0 Å². The number of hydrogen-bond donors (Lipinski definition) is 0. The molecular weight excluding hydrogens is 280 g/mol. The zero-order valence-corrected chi connectivity index (χ0v) is 11.9. The van der Waals surface area contributed by atoms with E-state index in [4.69, 9.17) is 4.84 Å². The molecule has 114 valence electrons. The maximum atomic E-state index is 13.6. The van der Waals surface area contributed by atoms with Gasteiger partial charge in [0.05, 0.1) is 18.7 Å². The zero-order chi connectivity index (χ0) is 15.5. The first-order chi connectivity index (χ1) is 9.92. The van der Waals surface area contributed by atoms with Gasteiger partial charge in [-0.05, 0) is 19.4 Å². The number of nitrogens with zero attached hydrogens (tertiary/aromatic N) is 1. The van der Waals surface area contributed by atoms with Crippen LogP contribution in [0.4, 0.5) is 8.78 Å². The van der Waals surface area contributed by atoms with Crippen LogP contribution in [0.3, 0.4) is 0 Å². The lowest BCUT2D eigenvalue weighted by Crippen LogP contribution is -2.35. The smallest absolute Gasteiger partial charge is 0.377 e. The van der Waals surface area contributed by atoms with Gasteiger partial charge in [-0.1, -0.05) is 35.0 Å². The highest BCUT2D eigenvalue weighted by molar-refractivity contribution is 6.01. The van der Waals surface area contributed by atoms with Crippen molar-refractivity contribution in [1.82, 2.24) is 0 Å². The van der Waals surface area contributed by atoms with Crippen molar-refractivity contribution in [3.8, 4) is 0 Å². The lowest BCUT2D eigenvalue weighted by molar-refractivity contribution is -0.176. The normalized spacial score (nSPS) is 18.1. The molecule has 6 heteroatoms. The molecular formula is C15H17F2NO3. The number of alkyl halides is 2. The Labute approximate surface area is 121 Å². The van der Waals surface area contributed by atoms with Gasteiger partial charge in [-0.3, -0.25) is 0 Å². The molecule has 0 bridgehead atoms. The number of aryl methyl sites for hydroxylation is 1. The summed E-state index contributed by atoms with van der Waals surface area (Å²) in [6.45, 7) is 3.36. The number of ether oxygens (including phenoxy) is 1. The quantitative estimate of drug-likeness (QED) is 0.785. The Balaban J connectivity index is 1.95. The summed E-state index contributed by atoms with van der Waals surface area (Å²) in [5.41, 5.74) is 2.55. The lowest BCUT2D eigenvalue weighted by Gasteiger charge is -2.17. The summed E-state index contributed by atoms with van der Waals surface area (Å²) in [5, 5.41) is 3.84. The van der Waals surface area contributed by atoms with Crippen LogP contribution in [0.5, 0.6) is 0 Å². The summed E-state index contributed by atoms with van der Waals surface area (Å²) in [7, 11) is 0. The molecule has 0 fully saturated rings. The van der Waals surface area contributed by atoms with Gasteiger partial charge >= 0.3 is 11.9 Å². The van der Waals surface area contributed by atoms with E-state index in [1.165, 1.54) is 6.92 Å². The first kappa shape index (κ1) is 15.4. The van der Waals surface area contributed by atoms with E-state index >= 15 is 0 Å². The molecule has 2 rings (SSSR count). The molecule has 1 unspecified atom stereocenters. The van der Waals surface area contributed by atoms with Gasteiger partial charge in [-0.15, -0.1) is 0 Å². The van der Waals surface area contributed by atoms with Crippen LogP contribution in [0.25, 0.3) is 0 Å². The molecule has 1 aromatic rings. The van der Waals surface area contributed by atoms with Crippen molar-refractivity contribution in [2.24, 2.45) is 5.16 Å². The predicted octanol–water partition coefficient (Wildman–Crippen LogP) is 3.08. The lowest BCUT2D eigenvalue weighted by atomic mass is 10.0. The Kier molecular flexibility index (Phi) is 4.55. The van der Waals surface area contributed by atoms with Crippen LogP contribution in [0.1, 0.15) is 30.9 Å². The second-order valence-corrected chi connectivity index (χ2v) is 4.96. The van der Waals surface area contributed by atoms with Crippen LogP contribution in [0, 0.1) is 6.92 Å². The van der Waals surface area contributed by atoms with Gasteiger partial charge in [0.15, 0.2) is 0 Å². The van der Waals surface area contributed by atoms with Gasteiger partial charge in [0.2, 0.25) is 0 Å². The molecule has 0 aliphatic carbocycles. The van der Waals surface area contributed by atoms with Crippen LogP contribution in [-0.2, 0) is 14.4 Å². The zero-order valence-electron chi connectivity index (χ0n) is 11.9. The molecule has 0 spiro atoms. The SMILES string of the molecule is CCOC(=O)C(F)(F)CC1CC(c2ccc(C)cc2)=NO1. The summed E-state index contributed by atoms with van der Waals surface area (Å²) in [5.74, 6) is -5.07. The van der Waals surface area contributed by atoms with E-state index < -0.39 is 24.4 Å². The van der Waals surface area contributed by atoms with E-state index in [2.05, 4.69) is 9.89 Å². The third-order valence-corrected chi connectivity index (χ3v) is 3.18. The van der Waals surface area contributed by atoms with Gasteiger partial charge in [0.1, 0.15) is 6.10 Å². The number of halogens is 2. The number of carbonyl (C=O) groups is 1. The summed E-state index contributed by atoms with van der Waals surface area (Å²) < 4.78 is 31.6. The fourth-order valence-electron chi connectivity index (χ4n) is 2.06. The molecule has 1 heterocycles. The highest BCUT2D eigenvalue weighted by atomic mass is 19.3. The molecule has 4 nitrogen and oxygen atoms in total. The third-order valence-electron chi connectivity index (χ3n) is 3.18. The molecule has 1 aromatic carbocycles. The molecule has 0 N–H and O–H groups in total. The minimum atomic E-state index is -3.56. The van der Waals surface area contributed by atoms with E-state index in [-0.39, 0.29) is 13.0 Å². The summed E-state index contributed by atoms with van der Waals surface area (Å²) in [6, 6.07) is 7.56. The van der Waals surface area contributed by atoms with Crippen molar-refractivity contribution in [1.29, 1.82) is 0 Å². The maximum Gasteiger partial charge on any atom is 0.377 e. The number of esters is 1. The minimum absolute atomic E-state index is 0.0783. The van der Waals surface area contributed by atoms with Crippen LogP contribution in [-0.4, -0.2) is 30.3 Å². The Bertz CT molecular complexity index is 540. The van der Waals surface area contributed by atoms with Crippen LogP contribution >= 0.6 is 0 Å². The standard InChI is InChI=1S/C15H17F2NO3/c1-3-20-14(19)15(16,17)9-12-8-13(18-21-12)11-6-4-10(2)5-7-11/h4-7,12H,3,8-9H2,1-2H3. The molecule has 1 atom stereocenters. The van der Waals surface area contributed by atoms with Gasteiger partial charge in [0, 0.05) is 6.42 Å². The van der Waals surface area contributed by atoms with Gasteiger partial charge < -0.3 is 9.57 Å². The largest absolute Gasteiger partial charge is 0.462 e.